The van der Waals surface area contributed by atoms with Crippen molar-refractivity contribution >= 4 is 29.2 Å². The van der Waals surface area contributed by atoms with Crippen molar-refractivity contribution in [2.24, 2.45) is 0 Å². The lowest BCUT2D eigenvalue weighted by atomic mass is 10.2. The number of hydrogen-bond donors (Lipinski definition) is 2. The lowest BCUT2D eigenvalue weighted by Gasteiger charge is -2.36. The molecule has 0 aromatic carbocycles. The summed E-state index contributed by atoms with van der Waals surface area (Å²) in [5, 5.41) is 5.89. The molecule has 0 radical (unpaired) electrons. The van der Waals surface area contributed by atoms with E-state index in [1.807, 2.05) is 29.4 Å². The fourth-order valence-corrected chi connectivity index (χ4v) is 4.39. The number of nitrogens with one attached hydrogen (secondary N) is 2. The standard InChI is InChI=1S/C20H25N5O3.C9H13N3/c1-20(2,3)28-19(27)23-17-5-4-15(14-22-17)18(26)25-12-10-24(11-13-25)16-6-8-21-9-7-16;1-3-10-4-2-9(1)12-7-5-11-6-8-12/h4-9,14H,10-13H2,1-3H3,(H,22,23,27);1-4,11H,5-8H2. The van der Waals surface area contributed by atoms with Crippen LogP contribution in [0.2, 0.25) is 0 Å². The first-order chi connectivity index (χ1) is 19.3. The Bertz CT molecular complexity index is 1210. The Hall–Kier alpha value is -4.25. The molecule has 0 saturated carbocycles. The smallest absolute Gasteiger partial charge is 0.413 e. The van der Waals surface area contributed by atoms with Crippen LogP contribution in [0.15, 0.2) is 67.4 Å². The monoisotopic (exact) mass is 546 g/mol. The number of aromatic nitrogens is 3. The van der Waals surface area contributed by atoms with Crippen LogP contribution < -0.4 is 20.4 Å². The minimum Gasteiger partial charge on any atom is -0.444 e. The zero-order chi connectivity index (χ0) is 28.4. The molecule has 5 rings (SSSR count). The van der Waals surface area contributed by atoms with Crippen LogP contribution in [-0.4, -0.2) is 89.8 Å². The molecule has 2 fully saturated rings. The van der Waals surface area contributed by atoms with Crippen LogP contribution in [0.1, 0.15) is 31.1 Å². The Morgan fingerprint density at radius 2 is 1.35 bits per heavy atom. The average Bonchev–Trinajstić information content (AvgIpc) is 2.98. The van der Waals surface area contributed by atoms with Gasteiger partial charge >= 0.3 is 6.09 Å². The zero-order valence-corrected chi connectivity index (χ0v) is 23.4. The first-order valence-electron chi connectivity index (χ1n) is 13.5. The van der Waals surface area contributed by atoms with E-state index in [9.17, 15) is 9.59 Å². The molecule has 40 heavy (non-hydrogen) atoms. The number of rotatable bonds is 4. The average molecular weight is 547 g/mol. The SMILES string of the molecule is CC(C)(C)OC(=O)Nc1ccc(C(=O)N2CCN(c3ccncc3)CC2)cn1.c1cc(N2CCNCC2)ccn1. The van der Waals surface area contributed by atoms with Crippen molar-refractivity contribution < 1.29 is 14.3 Å². The number of carbonyl (C=O) groups is 2. The van der Waals surface area contributed by atoms with E-state index >= 15 is 0 Å². The molecule has 0 unspecified atom stereocenters. The van der Waals surface area contributed by atoms with Gasteiger partial charge in [0.25, 0.3) is 5.91 Å². The molecule has 0 atom stereocenters. The summed E-state index contributed by atoms with van der Waals surface area (Å²) >= 11 is 0. The fraction of sp³-hybridized carbons (Fsp3) is 0.414. The van der Waals surface area contributed by atoms with Gasteiger partial charge < -0.3 is 24.8 Å². The summed E-state index contributed by atoms with van der Waals surface area (Å²) in [5.74, 6) is 0.277. The van der Waals surface area contributed by atoms with Crippen LogP contribution >= 0.6 is 0 Å². The summed E-state index contributed by atoms with van der Waals surface area (Å²) in [7, 11) is 0. The van der Waals surface area contributed by atoms with Crippen LogP contribution in [-0.2, 0) is 4.74 Å². The molecule has 2 aliphatic rings. The Balaban J connectivity index is 0.000000255. The molecule has 2 amide bonds. The number of ether oxygens (including phenoxy) is 1. The Labute approximate surface area is 235 Å². The topological polar surface area (TPSA) is 116 Å². The number of amides is 2. The maximum absolute atomic E-state index is 12.7. The van der Waals surface area contributed by atoms with Gasteiger partial charge in [-0.15, -0.1) is 0 Å². The molecular formula is C29H38N8O3. The first kappa shape index (κ1) is 28.8. The van der Waals surface area contributed by atoms with Crippen molar-refractivity contribution in [2.45, 2.75) is 26.4 Å². The molecule has 3 aromatic rings. The molecule has 0 spiro atoms. The Morgan fingerprint density at radius 1 is 0.800 bits per heavy atom. The second kappa shape index (κ2) is 13.7. The van der Waals surface area contributed by atoms with E-state index in [2.05, 4.69) is 47.5 Å². The number of nitrogens with zero attached hydrogens (tertiary/aromatic N) is 6. The van der Waals surface area contributed by atoms with E-state index in [1.54, 1.807) is 45.3 Å². The third-order valence-electron chi connectivity index (χ3n) is 6.38. The highest BCUT2D eigenvalue weighted by Crippen LogP contribution is 2.17. The third kappa shape index (κ3) is 8.63. The van der Waals surface area contributed by atoms with Gasteiger partial charge in [0, 0.05) is 94.7 Å². The van der Waals surface area contributed by atoms with Gasteiger partial charge in [0.05, 0.1) is 5.56 Å². The predicted octanol–water partition coefficient (Wildman–Crippen LogP) is 3.28. The molecular weight excluding hydrogens is 508 g/mol. The largest absolute Gasteiger partial charge is 0.444 e. The van der Waals surface area contributed by atoms with Gasteiger partial charge in [-0.25, -0.2) is 9.78 Å². The summed E-state index contributed by atoms with van der Waals surface area (Å²) in [5.41, 5.74) is 2.30. The van der Waals surface area contributed by atoms with Crippen molar-refractivity contribution in [3.05, 3.63) is 72.9 Å². The van der Waals surface area contributed by atoms with E-state index in [-0.39, 0.29) is 5.91 Å². The highest BCUT2D eigenvalue weighted by molar-refractivity contribution is 5.94. The number of carbonyl (C=O) groups excluding carboxylic acids is 2. The molecule has 0 aliphatic carbocycles. The molecule has 2 saturated heterocycles. The van der Waals surface area contributed by atoms with Gasteiger partial charge in [0.15, 0.2) is 0 Å². The summed E-state index contributed by atoms with van der Waals surface area (Å²) in [4.78, 5) is 43.1. The second-order valence-corrected chi connectivity index (χ2v) is 10.5. The molecule has 3 aromatic heterocycles. The first-order valence-corrected chi connectivity index (χ1v) is 13.5. The fourth-order valence-electron chi connectivity index (χ4n) is 4.39. The van der Waals surface area contributed by atoms with Crippen LogP contribution in [0.25, 0.3) is 0 Å². The number of pyridine rings is 3. The normalized spacial score (nSPS) is 15.5. The van der Waals surface area contributed by atoms with Crippen LogP contribution in [0.3, 0.4) is 0 Å². The van der Waals surface area contributed by atoms with E-state index in [0.717, 1.165) is 45.0 Å². The van der Waals surface area contributed by atoms with Gasteiger partial charge in [0.2, 0.25) is 0 Å². The maximum atomic E-state index is 12.7. The van der Waals surface area contributed by atoms with E-state index in [4.69, 9.17) is 4.74 Å². The number of piperazine rings is 2. The molecule has 0 bridgehead atoms. The van der Waals surface area contributed by atoms with E-state index < -0.39 is 11.7 Å². The summed E-state index contributed by atoms with van der Waals surface area (Å²) < 4.78 is 5.19. The van der Waals surface area contributed by atoms with Gasteiger partial charge in [-0.3, -0.25) is 20.1 Å². The molecule has 11 nitrogen and oxygen atoms in total. The highest BCUT2D eigenvalue weighted by atomic mass is 16.6. The lowest BCUT2D eigenvalue weighted by molar-refractivity contribution is 0.0635. The van der Waals surface area contributed by atoms with Crippen LogP contribution in [0.5, 0.6) is 0 Å². The van der Waals surface area contributed by atoms with E-state index in [1.165, 1.54) is 11.9 Å². The minimum atomic E-state index is -0.585. The van der Waals surface area contributed by atoms with Gasteiger partial charge in [0.1, 0.15) is 11.4 Å². The summed E-state index contributed by atoms with van der Waals surface area (Å²) in [6.07, 6.45) is 8.13. The number of anilines is 3. The van der Waals surface area contributed by atoms with Crippen molar-refractivity contribution in [2.75, 3.05) is 67.5 Å². The second-order valence-electron chi connectivity index (χ2n) is 10.5. The van der Waals surface area contributed by atoms with Gasteiger partial charge in [-0.05, 0) is 57.2 Å². The van der Waals surface area contributed by atoms with Crippen LogP contribution in [0, 0.1) is 0 Å². The highest BCUT2D eigenvalue weighted by Gasteiger charge is 2.23. The van der Waals surface area contributed by atoms with Gasteiger partial charge in [-0.2, -0.15) is 0 Å². The van der Waals surface area contributed by atoms with Crippen molar-refractivity contribution in [1.29, 1.82) is 0 Å². The molecule has 2 aliphatic heterocycles. The van der Waals surface area contributed by atoms with Crippen molar-refractivity contribution in [1.82, 2.24) is 25.2 Å². The maximum Gasteiger partial charge on any atom is 0.413 e. The molecule has 5 heterocycles. The molecule has 2 N–H and O–H groups in total. The van der Waals surface area contributed by atoms with Crippen molar-refractivity contribution in [3.63, 3.8) is 0 Å². The summed E-state index contributed by atoms with van der Waals surface area (Å²) in [6.45, 7) is 12.5. The lowest BCUT2D eigenvalue weighted by Crippen LogP contribution is -2.48. The minimum absolute atomic E-state index is 0.0642. The number of hydrogen-bond acceptors (Lipinski definition) is 9. The Morgan fingerprint density at radius 3 is 1.85 bits per heavy atom. The molecule has 11 heteroatoms. The molecule has 212 valence electrons. The van der Waals surface area contributed by atoms with Crippen molar-refractivity contribution in [3.8, 4) is 0 Å². The zero-order valence-electron chi connectivity index (χ0n) is 23.4. The third-order valence-corrected chi connectivity index (χ3v) is 6.38. The summed E-state index contributed by atoms with van der Waals surface area (Å²) in [6, 6.07) is 11.3. The predicted molar refractivity (Wildman–Crippen MR) is 156 cm³/mol. The van der Waals surface area contributed by atoms with Gasteiger partial charge in [-0.1, -0.05) is 0 Å². The Kier molecular flexibility index (Phi) is 9.85. The van der Waals surface area contributed by atoms with Crippen LogP contribution in [0.4, 0.5) is 22.0 Å². The quantitative estimate of drug-likeness (QED) is 0.509. The van der Waals surface area contributed by atoms with E-state index in [0.29, 0.717) is 24.5 Å².